The van der Waals surface area contributed by atoms with Crippen molar-refractivity contribution in [1.82, 2.24) is 0 Å². The minimum Gasteiger partial charge on any atom is -0.390 e. The van der Waals surface area contributed by atoms with Crippen molar-refractivity contribution < 1.29 is 5.11 Å². The van der Waals surface area contributed by atoms with Gasteiger partial charge in [-0.05, 0) is 79.1 Å². The molecule has 2 aromatic carbocycles. The first-order chi connectivity index (χ1) is 10.4. The molecular formula is C19H18Br2O. The molecule has 0 aromatic heterocycles. The molecule has 0 saturated heterocycles. The number of hydrogen-bond acceptors (Lipinski definition) is 1. The van der Waals surface area contributed by atoms with Crippen LogP contribution >= 0.6 is 31.9 Å². The molecule has 1 N–H and O–H groups in total. The van der Waals surface area contributed by atoms with Crippen LogP contribution in [0, 0.1) is 0 Å². The van der Waals surface area contributed by atoms with Crippen LogP contribution in [0.15, 0.2) is 45.3 Å². The van der Waals surface area contributed by atoms with Crippen LogP contribution in [-0.4, -0.2) is 10.7 Å². The lowest BCUT2D eigenvalue weighted by atomic mass is 9.64. The molecule has 2 aliphatic carbocycles. The highest BCUT2D eigenvalue weighted by Crippen LogP contribution is 2.57. The predicted molar refractivity (Wildman–Crippen MR) is 97.1 cm³/mol. The summed E-state index contributed by atoms with van der Waals surface area (Å²) in [6, 6.07) is 13.3. The lowest BCUT2D eigenvalue weighted by molar-refractivity contribution is 0.00697. The van der Waals surface area contributed by atoms with Crippen LogP contribution in [0.3, 0.4) is 0 Å². The molecule has 2 aromatic rings. The Morgan fingerprint density at radius 1 is 0.818 bits per heavy atom. The van der Waals surface area contributed by atoms with Gasteiger partial charge in [0.25, 0.3) is 0 Å². The molecule has 0 aliphatic heterocycles. The topological polar surface area (TPSA) is 20.2 Å². The Morgan fingerprint density at radius 2 is 1.27 bits per heavy atom. The number of rotatable bonds is 0. The molecule has 0 bridgehead atoms. The van der Waals surface area contributed by atoms with Crippen molar-refractivity contribution in [1.29, 1.82) is 0 Å². The van der Waals surface area contributed by atoms with Gasteiger partial charge in [-0.25, -0.2) is 0 Å². The molecule has 1 saturated carbocycles. The molecule has 2 aliphatic rings. The molecule has 0 radical (unpaired) electrons. The highest BCUT2D eigenvalue weighted by molar-refractivity contribution is 9.10. The van der Waals surface area contributed by atoms with E-state index >= 15 is 0 Å². The van der Waals surface area contributed by atoms with E-state index in [1.54, 1.807) is 0 Å². The second-order valence-corrected chi connectivity index (χ2v) is 8.79. The third-order valence-corrected chi connectivity index (χ3v) is 6.45. The number of benzene rings is 2. The van der Waals surface area contributed by atoms with E-state index in [0.717, 1.165) is 34.6 Å². The summed E-state index contributed by atoms with van der Waals surface area (Å²) in [5, 5.41) is 10.4. The van der Waals surface area contributed by atoms with E-state index in [9.17, 15) is 5.11 Å². The van der Waals surface area contributed by atoms with Crippen molar-refractivity contribution in [2.24, 2.45) is 0 Å². The highest BCUT2D eigenvalue weighted by atomic mass is 79.9. The van der Waals surface area contributed by atoms with Crippen molar-refractivity contribution in [3.8, 4) is 11.1 Å². The molecule has 0 unspecified atom stereocenters. The second kappa shape index (κ2) is 4.93. The van der Waals surface area contributed by atoms with Crippen LogP contribution < -0.4 is 0 Å². The average Bonchev–Trinajstić information content (AvgIpc) is 2.72. The van der Waals surface area contributed by atoms with E-state index in [0.29, 0.717) is 0 Å². The van der Waals surface area contributed by atoms with E-state index in [-0.39, 0.29) is 5.41 Å². The zero-order valence-electron chi connectivity index (χ0n) is 12.5. The quantitative estimate of drug-likeness (QED) is 0.569. The van der Waals surface area contributed by atoms with Crippen LogP contribution in [0.5, 0.6) is 0 Å². The summed E-state index contributed by atoms with van der Waals surface area (Å²) in [6.45, 7) is 1.97. The average molecular weight is 422 g/mol. The SMILES string of the molecule is CC1(O)CCC2(CC1)c1cc(Br)ccc1-c1ccc(Br)cc12. The maximum atomic E-state index is 10.4. The number of halogens is 2. The molecule has 0 amide bonds. The smallest absolute Gasteiger partial charge is 0.0620 e. The minimum absolute atomic E-state index is 0.0560. The summed E-state index contributed by atoms with van der Waals surface area (Å²) in [5.41, 5.74) is 5.09. The maximum Gasteiger partial charge on any atom is 0.0620 e. The van der Waals surface area contributed by atoms with Gasteiger partial charge in [-0.15, -0.1) is 0 Å². The monoisotopic (exact) mass is 420 g/mol. The fourth-order valence-electron chi connectivity index (χ4n) is 4.19. The summed E-state index contributed by atoms with van der Waals surface area (Å²) in [5.74, 6) is 0. The molecule has 114 valence electrons. The first kappa shape index (κ1) is 14.9. The summed E-state index contributed by atoms with van der Waals surface area (Å²) >= 11 is 7.28. The summed E-state index contributed by atoms with van der Waals surface area (Å²) in [7, 11) is 0. The third kappa shape index (κ3) is 2.13. The van der Waals surface area contributed by atoms with Gasteiger partial charge in [0.05, 0.1) is 5.60 Å². The number of aliphatic hydroxyl groups is 1. The van der Waals surface area contributed by atoms with E-state index in [4.69, 9.17) is 0 Å². The zero-order valence-corrected chi connectivity index (χ0v) is 15.7. The van der Waals surface area contributed by atoms with Crippen LogP contribution in [0.1, 0.15) is 43.7 Å². The number of fused-ring (bicyclic) bond motifs is 5. The van der Waals surface area contributed by atoms with Crippen LogP contribution in [-0.2, 0) is 5.41 Å². The third-order valence-electron chi connectivity index (χ3n) is 5.47. The van der Waals surface area contributed by atoms with Crippen molar-refractivity contribution >= 4 is 31.9 Å². The van der Waals surface area contributed by atoms with Gasteiger partial charge in [0, 0.05) is 14.4 Å². The maximum absolute atomic E-state index is 10.4. The van der Waals surface area contributed by atoms with Gasteiger partial charge in [0.1, 0.15) is 0 Å². The van der Waals surface area contributed by atoms with Crippen molar-refractivity contribution in [2.75, 3.05) is 0 Å². The lowest BCUT2D eigenvalue weighted by Gasteiger charge is -2.42. The van der Waals surface area contributed by atoms with Crippen LogP contribution in [0.2, 0.25) is 0 Å². The molecule has 0 heterocycles. The van der Waals surface area contributed by atoms with Gasteiger partial charge in [-0.1, -0.05) is 44.0 Å². The van der Waals surface area contributed by atoms with Crippen LogP contribution in [0.4, 0.5) is 0 Å². The Morgan fingerprint density at radius 3 is 1.73 bits per heavy atom. The van der Waals surface area contributed by atoms with Gasteiger partial charge in [-0.2, -0.15) is 0 Å². The zero-order chi connectivity index (χ0) is 15.5. The Labute approximate surface area is 148 Å². The summed E-state index contributed by atoms with van der Waals surface area (Å²) in [6.07, 6.45) is 3.72. The Hall–Kier alpha value is -0.640. The van der Waals surface area contributed by atoms with Crippen LogP contribution in [0.25, 0.3) is 11.1 Å². The molecule has 1 spiro atoms. The van der Waals surface area contributed by atoms with Gasteiger partial charge in [0.15, 0.2) is 0 Å². The van der Waals surface area contributed by atoms with Crippen molar-refractivity contribution in [3.63, 3.8) is 0 Å². The molecule has 1 fully saturated rings. The Balaban J connectivity index is 1.95. The van der Waals surface area contributed by atoms with Gasteiger partial charge in [-0.3, -0.25) is 0 Å². The van der Waals surface area contributed by atoms with Gasteiger partial charge >= 0.3 is 0 Å². The molecular weight excluding hydrogens is 404 g/mol. The first-order valence-corrected chi connectivity index (χ1v) is 9.33. The van der Waals surface area contributed by atoms with Crippen molar-refractivity contribution in [3.05, 3.63) is 56.5 Å². The summed E-state index contributed by atoms with van der Waals surface area (Å²) in [4.78, 5) is 0. The first-order valence-electron chi connectivity index (χ1n) is 7.74. The highest BCUT2D eigenvalue weighted by Gasteiger charge is 2.47. The fourth-order valence-corrected chi connectivity index (χ4v) is 4.92. The summed E-state index contributed by atoms with van der Waals surface area (Å²) < 4.78 is 2.27. The normalized spacial score (nSPS) is 20.7. The fraction of sp³-hybridized carbons (Fsp3) is 0.368. The second-order valence-electron chi connectivity index (χ2n) is 6.96. The Kier molecular flexibility index (Phi) is 3.34. The Bertz CT molecular complexity index is 701. The molecule has 0 atom stereocenters. The largest absolute Gasteiger partial charge is 0.390 e. The van der Waals surface area contributed by atoms with E-state index < -0.39 is 5.60 Å². The molecule has 1 nitrogen and oxygen atoms in total. The minimum atomic E-state index is -0.522. The van der Waals surface area contributed by atoms with Crippen molar-refractivity contribution in [2.45, 2.75) is 43.6 Å². The van der Waals surface area contributed by atoms with E-state index in [1.807, 2.05) is 6.92 Å². The van der Waals surface area contributed by atoms with Gasteiger partial charge < -0.3 is 5.11 Å². The predicted octanol–water partition coefficient (Wildman–Crippen LogP) is 5.80. The molecule has 4 rings (SSSR count). The van der Waals surface area contributed by atoms with E-state index in [2.05, 4.69) is 68.3 Å². The molecule has 3 heteroatoms. The van der Waals surface area contributed by atoms with E-state index in [1.165, 1.54) is 22.3 Å². The number of hydrogen-bond donors (Lipinski definition) is 1. The molecule has 22 heavy (non-hydrogen) atoms. The van der Waals surface area contributed by atoms with Gasteiger partial charge in [0.2, 0.25) is 0 Å². The lowest BCUT2D eigenvalue weighted by Crippen LogP contribution is -2.39. The standard InChI is InChI=1S/C19H18Br2O/c1-18(22)6-8-19(9-7-18)16-10-12(20)2-4-14(16)15-5-3-13(21)11-17(15)19/h2-5,10-11,22H,6-9H2,1H3.